The molecule has 3 nitrogen and oxygen atoms in total. The molecule has 0 bridgehead atoms. The zero-order valence-electron chi connectivity index (χ0n) is 9.55. The number of nitrogens with two attached hydrogens (primary N) is 1. The highest BCUT2D eigenvalue weighted by atomic mass is 16.5. The van der Waals surface area contributed by atoms with E-state index in [2.05, 4.69) is 24.4 Å². The summed E-state index contributed by atoms with van der Waals surface area (Å²) in [7, 11) is 1.70. The van der Waals surface area contributed by atoms with Gasteiger partial charge < -0.3 is 15.8 Å². The molecule has 0 aliphatic rings. The fourth-order valence-electron chi connectivity index (χ4n) is 1.56. The third-order valence-corrected chi connectivity index (χ3v) is 2.37. The topological polar surface area (TPSA) is 47.3 Å². The molecular formula is C12H20N2O. The summed E-state index contributed by atoms with van der Waals surface area (Å²) in [6, 6.07) is 6.30. The zero-order chi connectivity index (χ0) is 11.1. The molecule has 15 heavy (non-hydrogen) atoms. The van der Waals surface area contributed by atoms with Crippen LogP contribution in [0.15, 0.2) is 18.2 Å². The van der Waals surface area contributed by atoms with Crippen LogP contribution in [-0.4, -0.2) is 26.7 Å². The van der Waals surface area contributed by atoms with Crippen molar-refractivity contribution in [3.05, 3.63) is 29.3 Å². The van der Waals surface area contributed by atoms with Crippen LogP contribution in [-0.2, 0) is 6.42 Å². The molecule has 0 fully saturated rings. The summed E-state index contributed by atoms with van der Waals surface area (Å²) in [5.74, 6) is 0.952. The Kier molecular flexibility index (Phi) is 5.15. The number of ether oxygens (including phenoxy) is 1. The number of methoxy groups -OCH3 is 1. The summed E-state index contributed by atoms with van der Waals surface area (Å²) in [5.41, 5.74) is 7.91. The molecule has 0 radical (unpaired) electrons. The van der Waals surface area contributed by atoms with Crippen LogP contribution in [0.2, 0.25) is 0 Å². The number of benzene rings is 1. The third kappa shape index (κ3) is 3.90. The predicted octanol–water partition coefficient (Wildman–Crippen LogP) is 1.09. The monoisotopic (exact) mass is 208 g/mol. The number of aryl methyl sites for hydroxylation is 1. The highest BCUT2D eigenvalue weighted by Gasteiger charge is 1.99. The summed E-state index contributed by atoms with van der Waals surface area (Å²) in [4.78, 5) is 0. The number of hydrogen-bond acceptors (Lipinski definition) is 3. The molecule has 84 valence electrons. The van der Waals surface area contributed by atoms with Crippen LogP contribution in [0, 0.1) is 6.92 Å². The first-order chi connectivity index (χ1) is 7.27. The molecule has 0 aromatic heterocycles. The molecule has 0 saturated carbocycles. The van der Waals surface area contributed by atoms with Crippen molar-refractivity contribution in [2.75, 3.05) is 26.7 Å². The molecule has 3 N–H and O–H groups in total. The van der Waals surface area contributed by atoms with Gasteiger partial charge in [0.1, 0.15) is 5.75 Å². The summed E-state index contributed by atoms with van der Waals surface area (Å²) >= 11 is 0. The van der Waals surface area contributed by atoms with Crippen molar-refractivity contribution >= 4 is 0 Å². The molecule has 3 heteroatoms. The van der Waals surface area contributed by atoms with E-state index in [4.69, 9.17) is 10.5 Å². The number of hydrogen-bond donors (Lipinski definition) is 2. The van der Waals surface area contributed by atoms with Gasteiger partial charge in [0.2, 0.25) is 0 Å². The van der Waals surface area contributed by atoms with E-state index in [1.807, 2.05) is 6.07 Å². The molecule has 0 aliphatic heterocycles. The molecule has 0 heterocycles. The van der Waals surface area contributed by atoms with Crippen LogP contribution in [0.1, 0.15) is 11.1 Å². The van der Waals surface area contributed by atoms with E-state index in [0.29, 0.717) is 6.54 Å². The Morgan fingerprint density at radius 1 is 1.33 bits per heavy atom. The Morgan fingerprint density at radius 2 is 2.13 bits per heavy atom. The Hall–Kier alpha value is -1.06. The van der Waals surface area contributed by atoms with E-state index in [1.54, 1.807) is 7.11 Å². The minimum Gasteiger partial charge on any atom is -0.496 e. The molecule has 0 unspecified atom stereocenters. The summed E-state index contributed by atoms with van der Waals surface area (Å²) in [6.07, 6.45) is 1.03. The van der Waals surface area contributed by atoms with Crippen molar-refractivity contribution in [2.45, 2.75) is 13.3 Å². The third-order valence-electron chi connectivity index (χ3n) is 2.37. The maximum Gasteiger partial charge on any atom is 0.121 e. The Morgan fingerprint density at radius 3 is 2.73 bits per heavy atom. The van der Waals surface area contributed by atoms with Crippen molar-refractivity contribution < 1.29 is 4.74 Å². The average Bonchev–Trinajstić information content (AvgIpc) is 2.25. The maximum atomic E-state index is 5.39. The van der Waals surface area contributed by atoms with E-state index in [9.17, 15) is 0 Å². The lowest BCUT2D eigenvalue weighted by molar-refractivity contribution is 0.411. The van der Waals surface area contributed by atoms with Crippen molar-refractivity contribution in [3.8, 4) is 5.75 Å². The fraction of sp³-hybridized carbons (Fsp3) is 0.500. The van der Waals surface area contributed by atoms with Crippen molar-refractivity contribution in [2.24, 2.45) is 5.73 Å². The summed E-state index contributed by atoms with van der Waals surface area (Å²) in [6.45, 7) is 4.62. The van der Waals surface area contributed by atoms with Crippen LogP contribution in [0.3, 0.4) is 0 Å². The van der Waals surface area contributed by atoms with Crippen LogP contribution in [0.5, 0.6) is 5.75 Å². The molecule has 1 aromatic carbocycles. The Bertz CT molecular complexity index is 300. The second-order valence-electron chi connectivity index (χ2n) is 3.59. The molecule has 1 aromatic rings. The predicted molar refractivity (Wildman–Crippen MR) is 63.4 cm³/mol. The lowest BCUT2D eigenvalue weighted by atomic mass is 10.1. The van der Waals surface area contributed by atoms with Crippen LogP contribution < -0.4 is 15.8 Å². The maximum absolute atomic E-state index is 5.39. The first kappa shape index (κ1) is 12.0. The zero-order valence-corrected chi connectivity index (χ0v) is 9.55. The molecule has 0 spiro atoms. The van der Waals surface area contributed by atoms with Gasteiger partial charge >= 0.3 is 0 Å². The largest absolute Gasteiger partial charge is 0.496 e. The van der Waals surface area contributed by atoms with Gasteiger partial charge in [-0.3, -0.25) is 0 Å². The lowest BCUT2D eigenvalue weighted by Crippen LogP contribution is -2.24. The standard InChI is InChI=1S/C12H20N2O/c1-10-9-11(3-4-12(10)15-2)5-7-14-8-6-13/h3-4,9,14H,5-8,13H2,1-2H3. The summed E-state index contributed by atoms with van der Waals surface area (Å²) < 4.78 is 5.21. The van der Waals surface area contributed by atoms with E-state index in [-0.39, 0.29) is 0 Å². The highest BCUT2D eigenvalue weighted by Crippen LogP contribution is 2.18. The molecular weight excluding hydrogens is 188 g/mol. The molecule has 0 atom stereocenters. The minimum atomic E-state index is 0.696. The van der Waals surface area contributed by atoms with Crippen LogP contribution in [0.25, 0.3) is 0 Å². The van der Waals surface area contributed by atoms with Gasteiger partial charge in [-0.25, -0.2) is 0 Å². The highest BCUT2D eigenvalue weighted by molar-refractivity contribution is 5.36. The fourth-order valence-corrected chi connectivity index (χ4v) is 1.56. The smallest absolute Gasteiger partial charge is 0.121 e. The van der Waals surface area contributed by atoms with E-state index in [1.165, 1.54) is 11.1 Å². The van der Waals surface area contributed by atoms with Crippen molar-refractivity contribution in [1.29, 1.82) is 0 Å². The van der Waals surface area contributed by atoms with Gasteiger partial charge in [-0.1, -0.05) is 12.1 Å². The molecule has 0 amide bonds. The van der Waals surface area contributed by atoms with Gasteiger partial charge in [-0.05, 0) is 37.1 Å². The quantitative estimate of drug-likeness (QED) is 0.688. The van der Waals surface area contributed by atoms with E-state index in [0.717, 1.165) is 25.3 Å². The van der Waals surface area contributed by atoms with Gasteiger partial charge in [0.05, 0.1) is 7.11 Å². The Balaban J connectivity index is 2.45. The van der Waals surface area contributed by atoms with E-state index < -0.39 is 0 Å². The van der Waals surface area contributed by atoms with Crippen LogP contribution in [0.4, 0.5) is 0 Å². The van der Waals surface area contributed by atoms with Crippen LogP contribution >= 0.6 is 0 Å². The first-order valence-corrected chi connectivity index (χ1v) is 5.32. The SMILES string of the molecule is COc1ccc(CCNCCN)cc1C. The molecule has 0 aliphatic carbocycles. The number of nitrogens with one attached hydrogen (secondary N) is 1. The van der Waals surface area contributed by atoms with Crippen molar-refractivity contribution in [3.63, 3.8) is 0 Å². The lowest BCUT2D eigenvalue weighted by Gasteiger charge is -2.07. The van der Waals surface area contributed by atoms with Crippen molar-refractivity contribution in [1.82, 2.24) is 5.32 Å². The van der Waals surface area contributed by atoms with Gasteiger partial charge in [0, 0.05) is 13.1 Å². The second-order valence-corrected chi connectivity index (χ2v) is 3.59. The van der Waals surface area contributed by atoms with Gasteiger partial charge in [0.25, 0.3) is 0 Å². The van der Waals surface area contributed by atoms with Gasteiger partial charge in [0.15, 0.2) is 0 Å². The minimum absolute atomic E-state index is 0.696. The van der Waals surface area contributed by atoms with Gasteiger partial charge in [-0.15, -0.1) is 0 Å². The van der Waals surface area contributed by atoms with Gasteiger partial charge in [-0.2, -0.15) is 0 Å². The number of rotatable bonds is 6. The average molecular weight is 208 g/mol. The normalized spacial score (nSPS) is 10.3. The first-order valence-electron chi connectivity index (χ1n) is 5.32. The van der Waals surface area contributed by atoms with E-state index >= 15 is 0 Å². The summed E-state index contributed by atoms with van der Waals surface area (Å²) in [5, 5.41) is 3.28. The molecule has 0 saturated heterocycles. The Labute approximate surface area is 91.6 Å². The second kappa shape index (κ2) is 6.43. The molecule has 1 rings (SSSR count).